The van der Waals surface area contributed by atoms with Crippen LogP contribution in [0.1, 0.15) is 22.2 Å². The standard InChI is InChI=1S/C14H13F2NO2S/c1-8(7-9-3-2-6-20-9)17-11-5-4-10(14(18)19)12(15)13(11)16/h2-6,8,17H,7H2,1H3,(H,18,19). The van der Waals surface area contributed by atoms with Crippen molar-refractivity contribution in [2.45, 2.75) is 19.4 Å². The first-order valence-corrected chi connectivity index (χ1v) is 6.87. The van der Waals surface area contributed by atoms with Crippen LogP contribution in [0.25, 0.3) is 0 Å². The fraction of sp³-hybridized carbons (Fsp3) is 0.214. The van der Waals surface area contributed by atoms with Gasteiger partial charge in [-0.2, -0.15) is 0 Å². The van der Waals surface area contributed by atoms with Crippen LogP contribution in [-0.2, 0) is 6.42 Å². The number of anilines is 1. The first-order valence-electron chi connectivity index (χ1n) is 5.99. The van der Waals surface area contributed by atoms with Crippen molar-refractivity contribution >= 4 is 23.0 Å². The summed E-state index contributed by atoms with van der Waals surface area (Å²) in [6.45, 7) is 1.85. The molecule has 2 rings (SSSR count). The molecule has 1 atom stereocenters. The van der Waals surface area contributed by atoms with Gasteiger partial charge in [0.2, 0.25) is 0 Å². The van der Waals surface area contributed by atoms with Crippen molar-refractivity contribution < 1.29 is 18.7 Å². The Morgan fingerprint density at radius 2 is 2.10 bits per heavy atom. The van der Waals surface area contributed by atoms with Crippen LogP contribution >= 0.6 is 11.3 Å². The summed E-state index contributed by atoms with van der Waals surface area (Å²) >= 11 is 1.59. The highest BCUT2D eigenvalue weighted by Crippen LogP contribution is 2.22. The Balaban J connectivity index is 2.13. The third kappa shape index (κ3) is 3.14. The number of benzene rings is 1. The summed E-state index contributed by atoms with van der Waals surface area (Å²) in [6.07, 6.45) is 0.680. The molecule has 0 bridgehead atoms. The summed E-state index contributed by atoms with van der Waals surface area (Å²) in [4.78, 5) is 11.8. The SMILES string of the molecule is CC(Cc1cccs1)Nc1ccc(C(=O)O)c(F)c1F. The molecule has 2 aromatic rings. The maximum Gasteiger partial charge on any atom is 0.338 e. The van der Waals surface area contributed by atoms with E-state index in [0.717, 1.165) is 10.9 Å². The Bertz CT molecular complexity index is 614. The summed E-state index contributed by atoms with van der Waals surface area (Å²) in [6, 6.07) is 6.09. The zero-order valence-electron chi connectivity index (χ0n) is 10.7. The van der Waals surface area contributed by atoms with E-state index in [2.05, 4.69) is 5.32 Å². The number of halogens is 2. The van der Waals surface area contributed by atoms with E-state index in [1.165, 1.54) is 6.07 Å². The Hall–Kier alpha value is -1.95. The molecular weight excluding hydrogens is 284 g/mol. The second kappa shape index (κ2) is 6.00. The maximum absolute atomic E-state index is 13.8. The number of carboxylic acid groups (broad SMARTS) is 1. The van der Waals surface area contributed by atoms with Crippen molar-refractivity contribution in [3.05, 3.63) is 51.7 Å². The molecule has 1 unspecified atom stereocenters. The number of aromatic carboxylic acids is 1. The molecule has 0 aliphatic carbocycles. The molecule has 0 amide bonds. The lowest BCUT2D eigenvalue weighted by molar-refractivity contribution is 0.0690. The molecule has 20 heavy (non-hydrogen) atoms. The predicted octanol–water partition coefficient (Wildman–Crippen LogP) is 3.77. The van der Waals surface area contributed by atoms with Gasteiger partial charge in [0, 0.05) is 17.3 Å². The fourth-order valence-electron chi connectivity index (χ4n) is 1.87. The van der Waals surface area contributed by atoms with E-state index in [0.29, 0.717) is 6.42 Å². The second-order valence-corrected chi connectivity index (χ2v) is 5.45. The largest absolute Gasteiger partial charge is 0.478 e. The van der Waals surface area contributed by atoms with Crippen molar-refractivity contribution in [3.8, 4) is 0 Å². The van der Waals surface area contributed by atoms with Crippen LogP contribution in [0.15, 0.2) is 29.6 Å². The van der Waals surface area contributed by atoms with Gasteiger partial charge in [-0.25, -0.2) is 13.6 Å². The zero-order chi connectivity index (χ0) is 14.7. The molecule has 0 aliphatic rings. The van der Waals surface area contributed by atoms with Gasteiger partial charge >= 0.3 is 5.97 Å². The first-order chi connectivity index (χ1) is 9.49. The third-order valence-corrected chi connectivity index (χ3v) is 3.70. The number of carbonyl (C=O) groups is 1. The minimum absolute atomic E-state index is 0.0310. The molecule has 1 aromatic heterocycles. The van der Waals surface area contributed by atoms with Gasteiger partial charge < -0.3 is 10.4 Å². The van der Waals surface area contributed by atoms with Gasteiger partial charge in [0.25, 0.3) is 0 Å². The quantitative estimate of drug-likeness (QED) is 0.883. The summed E-state index contributed by atoms with van der Waals surface area (Å²) in [5.41, 5.74) is -0.699. The van der Waals surface area contributed by atoms with Crippen LogP contribution in [-0.4, -0.2) is 17.1 Å². The van der Waals surface area contributed by atoms with E-state index in [1.54, 1.807) is 11.3 Å². The highest BCUT2D eigenvalue weighted by molar-refractivity contribution is 7.09. The second-order valence-electron chi connectivity index (χ2n) is 4.42. The topological polar surface area (TPSA) is 49.3 Å². The van der Waals surface area contributed by atoms with Crippen molar-refractivity contribution in [1.82, 2.24) is 0 Å². The molecule has 1 aromatic carbocycles. The number of nitrogens with one attached hydrogen (secondary N) is 1. The third-order valence-electron chi connectivity index (χ3n) is 2.80. The van der Waals surface area contributed by atoms with E-state index >= 15 is 0 Å². The molecule has 0 radical (unpaired) electrons. The van der Waals surface area contributed by atoms with Crippen molar-refractivity contribution in [2.24, 2.45) is 0 Å². The monoisotopic (exact) mass is 297 g/mol. The average Bonchev–Trinajstić information content (AvgIpc) is 2.87. The molecule has 0 spiro atoms. The lowest BCUT2D eigenvalue weighted by atomic mass is 10.1. The van der Waals surface area contributed by atoms with Crippen LogP contribution in [0.2, 0.25) is 0 Å². The maximum atomic E-state index is 13.8. The number of carboxylic acids is 1. The normalized spacial score (nSPS) is 12.2. The smallest absolute Gasteiger partial charge is 0.338 e. The van der Waals surface area contributed by atoms with Gasteiger partial charge in [0.15, 0.2) is 11.6 Å². The summed E-state index contributed by atoms with van der Waals surface area (Å²) in [7, 11) is 0. The highest BCUT2D eigenvalue weighted by Gasteiger charge is 2.18. The van der Waals surface area contributed by atoms with E-state index in [-0.39, 0.29) is 11.7 Å². The Labute approximate surface area is 118 Å². The summed E-state index contributed by atoms with van der Waals surface area (Å²) in [5.74, 6) is -3.99. The van der Waals surface area contributed by atoms with Crippen molar-refractivity contribution in [2.75, 3.05) is 5.32 Å². The predicted molar refractivity (Wildman–Crippen MR) is 74.4 cm³/mol. The van der Waals surface area contributed by atoms with Gasteiger partial charge in [0.1, 0.15) is 0 Å². The molecule has 0 saturated heterocycles. The van der Waals surface area contributed by atoms with Crippen LogP contribution in [0.4, 0.5) is 14.5 Å². The molecule has 3 nitrogen and oxygen atoms in total. The van der Waals surface area contributed by atoms with Crippen LogP contribution < -0.4 is 5.32 Å². The highest BCUT2D eigenvalue weighted by atomic mass is 32.1. The summed E-state index contributed by atoms with van der Waals surface area (Å²) in [5, 5.41) is 13.5. The number of rotatable bonds is 5. The molecule has 1 heterocycles. The van der Waals surface area contributed by atoms with E-state index in [9.17, 15) is 13.6 Å². The van der Waals surface area contributed by atoms with Crippen LogP contribution in [0.3, 0.4) is 0 Å². The lowest BCUT2D eigenvalue weighted by Crippen LogP contribution is -2.19. The van der Waals surface area contributed by atoms with Gasteiger partial charge in [-0.1, -0.05) is 6.07 Å². The molecule has 106 valence electrons. The zero-order valence-corrected chi connectivity index (χ0v) is 11.5. The Morgan fingerprint density at radius 1 is 1.35 bits per heavy atom. The fourth-order valence-corrected chi connectivity index (χ4v) is 2.71. The van der Waals surface area contributed by atoms with Crippen LogP contribution in [0, 0.1) is 11.6 Å². The molecular formula is C14H13F2NO2S. The van der Waals surface area contributed by atoms with Gasteiger partial charge in [0.05, 0.1) is 11.3 Å². The number of hydrogen-bond donors (Lipinski definition) is 2. The molecule has 0 fully saturated rings. The minimum Gasteiger partial charge on any atom is -0.478 e. The molecule has 0 aliphatic heterocycles. The number of hydrogen-bond acceptors (Lipinski definition) is 3. The van der Waals surface area contributed by atoms with E-state index < -0.39 is 23.2 Å². The van der Waals surface area contributed by atoms with E-state index in [4.69, 9.17) is 5.11 Å². The van der Waals surface area contributed by atoms with Crippen LogP contribution in [0.5, 0.6) is 0 Å². The van der Waals surface area contributed by atoms with Gasteiger partial charge in [-0.05, 0) is 30.5 Å². The summed E-state index contributed by atoms with van der Waals surface area (Å²) < 4.78 is 27.3. The van der Waals surface area contributed by atoms with Gasteiger partial charge in [-0.15, -0.1) is 11.3 Å². The molecule has 6 heteroatoms. The van der Waals surface area contributed by atoms with Gasteiger partial charge in [-0.3, -0.25) is 0 Å². The lowest BCUT2D eigenvalue weighted by Gasteiger charge is -2.15. The molecule has 2 N–H and O–H groups in total. The Morgan fingerprint density at radius 3 is 2.70 bits per heavy atom. The van der Waals surface area contributed by atoms with E-state index in [1.807, 2.05) is 24.4 Å². The molecule has 0 saturated carbocycles. The number of thiophene rings is 1. The average molecular weight is 297 g/mol. The van der Waals surface area contributed by atoms with Crippen molar-refractivity contribution in [1.29, 1.82) is 0 Å². The van der Waals surface area contributed by atoms with Crippen molar-refractivity contribution in [3.63, 3.8) is 0 Å². The minimum atomic E-state index is -1.49. The first kappa shape index (κ1) is 14.5. The Kier molecular flexibility index (Phi) is 4.34.